The van der Waals surface area contributed by atoms with Crippen molar-refractivity contribution in [2.75, 3.05) is 0 Å². The summed E-state index contributed by atoms with van der Waals surface area (Å²) >= 11 is 5.90. The quantitative estimate of drug-likeness (QED) is 0.781. The van der Waals surface area contributed by atoms with Crippen LogP contribution in [0.25, 0.3) is 10.9 Å². The van der Waals surface area contributed by atoms with E-state index in [0.29, 0.717) is 10.4 Å². The molecule has 126 valence electrons. The Hall–Kier alpha value is -2.59. The third kappa shape index (κ3) is 2.72. The smallest absolute Gasteiger partial charge is 0.257 e. The van der Waals surface area contributed by atoms with Crippen LogP contribution in [0, 0.1) is 0 Å². The van der Waals surface area contributed by atoms with E-state index >= 15 is 0 Å². The molecule has 0 saturated heterocycles. The Bertz CT molecular complexity index is 1040. The van der Waals surface area contributed by atoms with E-state index in [1.807, 2.05) is 35.8 Å². The van der Waals surface area contributed by atoms with Crippen LogP contribution in [-0.2, 0) is 13.0 Å². The maximum Gasteiger partial charge on any atom is 0.257 e. The Balaban J connectivity index is 1.68. The fourth-order valence-corrected chi connectivity index (χ4v) is 3.55. The molecular weight excluding hydrogens is 336 g/mol. The van der Waals surface area contributed by atoms with Crippen molar-refractivity contribution < 1.29 is 4.79 Å². The predicted molar refractivity (Wildman–Crippen MR) is 99.2 cm³/mol. The van der Waals surface area contributed by atoms with Crippen molar-refractivity contribution in [2.24, 2.45) is 0 Å². The van der Waals surface area contributed by atoms with E-state index in [4.69, 9.17) is 11.6 Å². The number of amides is 1. The van der Waals surface area contributed by atoms with E-state index in [-0.39, 0.29) is 22.9 Å². The molecule has 2 aromatic carbocycles. The molecule has 0 saturated carbocycles. The Morgan fingerprint density at radius 1 is 1.20 bits per heavy atom. The van der Waals surface area contributed by atoms with Crippen molar-refractivity contribution >= 4 is 28.4 Å². The van der Waals surface area contributed by atoms with E-state index in [0.717, 1.165) is 29.6 Å². The van der Waals surface area contributed by atoms with Gasteiger partial charge in [0.05, 0.1) is 11.6 Å². The first kappa shape index (κ1) is 15.9. The SMILES string of the molecule is C[C@H](NC(=O)c1cn2c3c(cccc3c1=O)CC2)c1ccc(Cl)cc1. The fraction of sp³-hybridized carbons (Fsp3) is 0.200. The minimum absolute atomic E-state index is 0.187. The van der Waals surface area contributed by atoms with Crippen LogP contribution in [0.5, 0.6) is 0 Å². The van der Waals surface area contributed by atoms with Gasteiger partial charge in [-0.2, -0.15) is 0 Å². The first-order chi connectivity index (χ1) is 12.0. The van der Waals surface area contributed by atoms with Crippen LogP contribution in [0.15, 0.2) is 53.5 Å². The molecule has 1 aliphatic rings. The molecular formula is C20H17ClN2O2. The summed E-state index contributed by atoms with van der Waals surface area (Å²) in [5, 5.41) is 4.17. The molecule has 0 unspecified atom stereocenters. The molecule has 1 amide bonds. The van der Waals surface area contributed by atoms with Gasteiger partial charge in [-0.3, -0.25) is 9.59 Å². The lowest BCUT2D eigenvalue weighted by Gasteiger charge is -2.15. The lowest BCUT2D eigenvalue weighted by Crippen LogP contribution is -2.31. The molecule has 0 bridgehead atoms. The van der Waals surface area contributed by atoms with Crippen molar-refractivity contribution in [1.82, 2.24) is 9.88 Å². The summed E-state index contributed by atoms with van der Waals surface area (Å²) in [5.74, 6) is -0.351. The van der Waals surface area contributed by atoms with Crippen LogP contribution in [0.3, 0.4) is 0 Å². The van der Waals surface area contributed by atoms with Gasteiger partial charge in [0, 0.05) is 23.2 Å². The van der Waals surface area contributed by atoms with Crippen molar-refractivity contribution in [2.45, 2.75) is 25.9 Å². The second-order valence-electron chi connectivity index (χ2n) is 6.38. The Kier molecular flexibility index (Phi) is 3.85. The van der Waals surface area contributed by atoms with Crippen LogP contribution in [0.4, 0.5) is 0 Å². The lowest BCUT2D eigenvalue weighted by molar-refractivity contribution is 0.0938. The number of aryl methyl sites for hydroxylation is 2. The summed E-state index contributed by atoms with van der Waals surface area (Å²) in [5.41, 5.74) is 3.03. The molecule has 1 N–H and O–H groups in total. The fourth-order valence-electron chi connectivity index (χ4n) is 3.43. The number of hydrogen-bond acceptors (Lipinski definition) is 2. The second kappa shape index (κ2) is 6.05. The predicted octanol–water partition coefficient (Wildman–Crippen LogP) is 3.70. The average molecular weight is 353 g/mol. The zero-order valence-corrected chi connectivity index (χ0v) is 14.5. The molecule has 1 atom stereocenters. The monoisotopic (exact) mass is 352 g/mol. The molecule has 0 radical (unpaired) electrons. The first-order valence-corrected chi connectivity index (χ1v) is 8.64. The van der Waals surface area contributed by atoms with Crippen molar-refractivity contribution in [3.8, 4) is 0 Å². The Morgan fingerprint density at radius 2 is 1.96 bits per heavy atom. The van der Waals surface area contributed by atoms with E-state index in [1.165, 1.54) is 0 Å². The lowest BCUT2D eigenvalue weighted by atomic mass is 10.1. The molecule has 0 fully saturated rings. The number of para-hydroxylation sites is 1. The van der Waals surface area contributed by atoms with Gasteiger partial charge in [0.15, 0.2) is 0 Å². The summed E-state index contributed by atoms with van der Waals surface area (Å²) in [4.78, 5) is 25.5. The van der Waals surface area contributed by atoms with Gasteiger partial charge >= 0.3 is 0 Å². The number of nitrogens with one attached hydrogen (secondary N) is 1. The summed E-state index contributed by atoms with van der Waals surface area (Å²) in [6.07, 6.45) is 2.58. The third-order valence-electron chi connectivity index (χ3n) is 4.77. The van der Waals surface area contributed by atoms with E-state index in [9.17, 15) is 9.59 Å². The summed E-state index contributed by atoms with van der Waals surface area (Å²) in [6, 6.07) is 12.8. The highest BCUT2D eigenvalue weighted by atomic mass is 35.5. The minimum atomic E-state index is -0.351. The van der Waals surface area contributed by atoms with Crippen LogP contribution in [0.1, 0.15) is 34.5 Å². The third-order valence-corrected chi connectivity index (χ3v) is 5.02. The van der Waals surface area contributed by atoms with Crippen molar-refractivity contribution in [1.29, 1.82) is 0 Å². The molecule has 5 heteroatoms. The molecule has 0 aliphatic carbocycles. The highest BCUT2D eigenvalue weighted by Crippen LogP contribution is 2.24. The molecule has 3 aromatic rings. The molecule has 1 aromatic heterocycles. The highest BCUT2D eigenvalue weighted by Gasteiger charge is 2.21. The number of pyridine rings is 1. The Morgan fingerprint density at radius 3 is 2.72 bits per heavy atom. The number of rotatable bonds is 3. The molecule has 1 aliphatic heterocycles. The first-order valence-electron chi connectivity index (χ1n) is 8.26. The van der Waals surface area contributed by atoms with Gasteiger partial charge in [0.1, 0.15) is 5.56 Å². The van der Waals surface area contributed by atoms with E-state index in [1.54, 1.807) is 24.4 Å². The average Bonchev–Trinajstić information content (AvgIpc) is 3.02. The van der Waals surface area contributed by atoms with Gasteiger partial charge in [-0.1, -0.05) is 35.9 Å². The minimum Gasteiger partial charge on any atom is -0.346 e. The standard InChI is InChI=1S/C20H17ClN2O2/c1-12(13-5-7-15(21)8-6-13)22-20(25)17-11-23-10-9-14-3-2-4-16(18(14)23)19(17)24/h2-8,11-12H,9-10H2,1H3,(H,22,25)/t12-/m0/s1. The molecule has 4 rings (SSSR count). The van der Waals surface area contributed by atoms with Crippen LogP contribution in [0.2, 0.25) is 5.02 Å². The van der Waals surface area contributed by atoms with Gasteiger partial charge in [-0.15, -0.1) is 0 Å². The van der Waals surface area contributed by atoms with Crippen LogP contribution >= 0.6 is 11.6 Å². The van der Waals surface area contributed by atoms with Gasteiger partial charge in [-0.05, 0) is 42.7 Å². The zero-order chi connectivity index (χ0) is 17.6. The topological polar surface area (TPSA) is 51.1 Å². The second-order valence-corrected chi connectivity index (χ2v) is 6.81. The molecule has 25 heavy (non-hydrogen) atoms. The number of carbonyl (C=O) groups excluding carboxylic acids is 1. The van der Waals surface area contributed by atoms with Crippen LogP contribution < -0.4 is 10.7 Å². The molecule has 2 heterocycles. The van der Waals surface area contributed by atoms with Crippen molar-refractivity contribution in [3.63, 3.8) is 0 Å². The maximum atomic E-state index is 12.8. The van der Waals surface area contributed by atoms with Gasteiger partial charge < -0.3 is 9.88 Å². The van der Waals surface area contributed by atoms with E-state index < -0.39 is 0 Å². The number of halogens is 1. The van der Waals surface area contributed by atoms with Crippen molar-refractivity contribution in [3.05, 3.63) is 80.6 Å². The largest absolute Gasteiger partial charge is 0.346 e. The summed E-state index contributed by atoms with van der Waals surface area (Å²) in [7, 11) is 0. The van der Waals surface area contributed by atoms with Crippen LogP contribution in [-0.4, -0.2) is 10.5 Å². The normalized spacial score (nSPS) is 13.8. The molecule has 4 nitrogen and oxygen atoms in total. The number of hydrogen-bond donors (Lipinski definition) is 1. The number of nitrogens with zero attached hydrogens (tertiary/aromatic N) is 1. The number of aromatic nitrogens is 1. The van der Waals surface area contributed by atoms with Gasteiger partial charge in [-0.25, -0.2) is 0 Å². The van der Waals surface area contributed by atoms with Gasteiger partial charge in [0.2, 0.25) is 5.43 Å². The molecule has 0 spiro atoms. The zero-order valence-electron chi connectivity index (χ0n) is 13.8. The number of benzene rings is 2. The summed E-state index contributed by atoms with van der Waals surface area (Å²) < 4.78 is 2.01. The Labute approximate surface area is 150 Å². The number of carbonyl (C=O) groups is 1. The summed E-state index contributed by atoms with van der Waals surface area (Å²) in [6.45, 7) is 2.68. The van der Waals surface area contributed by atoms with Gasteiger partial charge in [0.25, 0.3) is 5.91 Å². The highest BCUT2D eigenvalue weighted by molar-refractivity contribution is 6.30. The van der Waals surface area contributed by atoms with E-state index in [2.05, 4.69) is 5.32 Å². The maximum absolute atomic E-state index is 12.8.